The minimum atomic E-state index is -0.683. The van der Waals surface area contributed by atoms with E-state index in [0.717, 1.165) is 31.8 Å². The molecule has 0 heterocycles. The highest BCUT2D eigenvalue weighted by Crippen LogP contribution is 2.10. The fourth-order valence-electron chi connectivity index (χ4n) is 1.75. The normalized spacial score (nSPS) is 13.0. The molecule has 0 radical (unpaired) electrons. The van der Waals surface area contributed by atoms with Crippen molar-refractivity contribution in [2.75, 3.05) is 13.1 Å². The lowest BCUT2D eigenvalue weighted by molar-refractivity contribution is -0.137. The molecule has 0 aromatic carbocycles. The predicted octanol–water partition coefficient (Wildman–Crippen LogP) is 2.90. The van der Waals surface area contributed by atoms with Gasteiger partial charge in [-0.1, -0.05) is 33.6 Å². The molecule has 16 heavy (non-hydrogen) atoms. The highest BCUT2D eigenvalue weighted by Gasteiger charge is 2.06. The van der Waals surface area contributed by atoms with Crippen LogP contribution in [0.1, 0.15) is 52.9 Å². The Morgan fingerprint density at radius 1 is 1.25 bits per heavy atom. The third-order valence-electron chi connectivity index (χ3n) is 3.25. The van der Waals surface area contributed by atoms with E-state index in [-0.39, 0.29) is 0 Å². The number of nitrogens with one attached hydrogen (secondary N) is 1. The summed E-state index contributed by atoms with van der Waals surface area (Å²) in [6.07, 6.45) is 4.64. The molecule has 1 atom stereocenters. The van der Waals surface area contributed by atoms with E-state index in [0.29, 0.717) is 12.3 Å². The maximum atomic E-state index is 10.4. The van der Waals surface area contributed by atoms with Gasteiger partial charge in [-0.2, -0.15) is 0 Å². The zero-order valence-corrected chi connectivity index (χ0v) is 11.0. The molecule has 3 heteroatoms. The number of carboxylic acids is 1. The zero-order valence-electron chi connectivity index (χ0n) is 11.0. The highest BCUT2D eigenvalue weighted by atomic mass is 16.4. The minimum absolute atomic E-state index is 0.299. The molecule has 0 bridgehead atoms. The van der Waals surface area contributed by atoms with Gasteiger partial charge < -0.3 is 10.4 Å². The molecule has 0 saturated heterocycles. The van der Waals surface area contributed by atoms with Crippen LogP contribution in [0, 0.1) is 11.8 Å². The summed E-state index contributed by atoms with van der Waals surface area (Å²) in [6.45, 7) is 8.69. The number of carboxylic acid groups (broad SMARTS) is 1. The SMILES string of the molecule is CCC(CC)CNCCC(C)CCC(=O)O. The van der Waals surface area contributed by atoms with Crippen molar-refractivity contribution in [1.82, 2.24) is 5.32 Å². The molecule has 0 aromatic heterocycles. The van der Waals surface area contributed by atoms with Gasteiger partial charge >= 0.3 is 5.97 Å². The number of hydrogen-bond acceptors (Lipinski definition) is 2. The number of hydrogen-bond donors (Lipinski definition) is 2. The summed E-state index contributed by atoms with van der Waals surface area (Å²) in [4.78, 5) is 10.4. The molecule has 0 spiro atoms. The van der Waals surface area contributed by atoms with Gasteiger partial charge in [0, 0.05) is 6.42 Å². The van der Waals surface area contributed by atoms with E-state index in [9.17, 15) is 4.79 Å². The number of rotatable bonds is 10. The van der Waals surface area contributed by atoms with Crippen LogP contribution in [-0.4, -0.2) is 24.2 Å². The van der Waals surface area contributed by atoms with Gasteiger partial charge in [-0.15, -0.1) is 0 Å². The molecule has 0 aliphatic carbocycles. The van der Waals surface area contributed by atoms with Gasteiger partial charge in [-0.3, -0.25) is 4.79 Å². The molecular formula is C13H27NO2. The lowest BCUT2D eigenvalue weighted by Crippen LogP contribution is -2.24. The summed E-state index contributed by atoms with van der Waals surface area (Å²) >= 11 is 0. The molecule has 0 aliphatic rings. The molecule has 0 aliphatic heterocycles. The third-order valence-corrected chi connectivity index (χ3v) is 3.25. The average Bonchev–Trinajstić information content (AvgIpc) is 2.26. The van der Waals surface area contributed by atoms with Crippen LogP contribution >= 0.6 is 0 Å². The molecule has 1 unspecified atom stereocenters. The van der Waals surface area contributed by atoms with Crippen LogP contribution in [0.2, 0.25) is 0 Å². The maximum absolute atomic E-state index is 10.4. The van der Waals surface area contributed by atoms with Gasteiger partial charge in [0.15, 0.2) is 0 Å². The van der Waals surface area contributed by atoms with E-state index in [2.05, 4.69) is 26.1 Å². The smallest absolute Gasteiger partial charge is 0.303 e. The first-order valence-electron chi connectivity index (χ1n) is 6.52. The molecule has 96 valence electrons. The van der Waals surface area contributed by atoms with Crippen LogP contribution in [0.3, 0.4) is 0 Å². The number of aliphatic carboxylic acids is 1. The van der Waals surface area contributed by atoms with Crippen LogP contribution in [0.25, 0.3) is 0 Å². The molecule has 0 fully saturated rings. The molecule has 0 rings (SSSR count). The molecule has 3 nitrogen and oxygen atoms in total. The van der Waals surface area contributed by atoms with Crippen molar-refractivity contribution in [3.63, 3.8) is 0 Å². The third kappa shape index (κ3) is 8.72. The lowest BCUT2D eigenvalue weighted by atomic mass is 10.0. The van der Waals surface area contributed by atoms with Gasteiger partial charge in [0.2, 0.25) is 0 Å². The standard InChI is InChI=1S/C13H27NO2/c1-4-12(5-2)10-14-9-8-11(3)6-7-13(15)16/h11-12,14H,4-10H2,1-3H3,(H,15,16). The zero-order chi connectivity index (χ0) is 12.4. The van der Waals surface area contributed by atoms with Crippen molar-refractivity contribution in [1.29, 1.82) is 0 Å². The summed E-state index contributed by atoms with van der Waals surface area (Å²) in [5.41, 5.74) is 0. The van der Waals surface area contributed by atoms with Gasteiger partial charge in [-0.25, -0.2) is 0 Å². The second kappa shape index (κ2) is 9.64. The summed E-state index contributed by atoms with van der Waals surface area (Å²) in [5, 5.41) is 12.0. The molecule has 0 aromatic rings. The van der Waals surface area contributed by atoms with Crippen LogP contribution in [0.5, 0.6) is 0 Å². The van der Waals surface area contributed by atoms with E-state index < -0.39 is 5.97 Å². The van der Waals surface area contributed by atoms with Crippen molar-refractivity contribution in [3.8, 4) is 0 Å². The first kappa shape index (κ1) is 15.4. The van der Waals surface area contributed by atoms with Crippen LogP contribution < -0.4 is 5.32 Å². The Labute approximate surface area is 99.6 Å². The summed E-state index contributed by atoms with van der Waals surface area (Å²) in [5.74, 6) is 0.608. The molecule has 0 amide bonds. The van der Waals surface area contributed by atoms with Crippen LogP contribution in [-0.2, 0) is 4.79 Å². The van der Waals surface area contributed by atoms with Gasteiger partial charge in [0.1, 0.15) is 0 Å². The van der Waals surface area contributed by atoms with E-state index >= 15 is 0 Å². The van der Waals surface area contributed by atoms with Gasteiger partial charge in [-0.05, 0) is 37.8 Å². The first-order chi connectivity index (χ1) is 7.60. The van der Waals surface area contributed by atoms with Crippen molar-refractivity contribution < 1.29 is 9.90 Å². The summed E-state index contributed by atoms with van der Waals surface area (Å²) in [7, 11) is 0. The van der Waals surface area contributed by atoms with Gasteiger partial charge in [0.25, 0.3) is 0 Å². The van der Waals surface area contributed by atoms with Crippen LogP contribution in [0.15, 0.2) is 0 Å². The molecule has 0 saturated carbocycles. The van der Waals surface area contributed by atoms with E-state index in [1.807, 2.05) is 0 Å². The van der Waals surface area contributed by atoms with E-state index in [1.165, 1.54) is 12.8 Å². The fraction of sp³-hybridized carbons (Fsp3) is 0.923. The molecule has 2 N–H and O–H groups in total. The Kier molecular flexibility index (Phi) is 9.30. The van der Waals surface area contributed by atoms with Crippen LogP contribution in [0.4, 0.5) is 0 Å². The Morgan fingerprint density at radius 3 is 2.38 bits per heavy atom. The quantitative estimate of drug-likeness (QED) is 0.566. The minimum Gasteiger partial charge on any atom is -0.481 e. The van der Waals surface area contributed by atoms with E-state index in [4.69, 9.17) is 5.11 Å². The monoisotopic (exact) mass is 229 g/mol. The van der Waals surface area contributed by atoms with E-state index in [1.54, 1.807) is 0 Å². The summed E-state index contributed by atoms with van der Waals surface area (Å²) < 4.78 is 0. The Morgan fingerprint density at radius 2 is 1.88 bits per heavy atom. The highest BCUT2D eigenvalue weighted by molar-refractivity contribution is 5.66. The maximum Gasteiger partial charge on any atom is 0.303 e. The second-order valence-corrected chi connectivity index (χ2v) is 4.71. The fourth-order valence-corrected chi connectivity index (χ4v) is 1.75. The van der Waals surface area contributed by atoms with Crippen molar-refractivity contribution >= 4 is 5.97 Å². The Hall–Kier alpha value is -0.570. The lowest BCUT2D eigenvalue weighted by Gasteiger charge is -2.15. The molecular weight excluding hydrogens is 202 g/mol. The van der Waals surface area contributed by atoms with Crippen molar-refractivity contribution in [3.05, 3.63) is 0 Å². The largest absolute Gasteiger partial charge is 0.481 e. The topological polar surface area (TPSA) is 49.3 Å². The predicted molar refractivity (Wildman–Crippen MR) is 67.6 cm³/mol. The van der Waals surface area contributed by atoms with Gasteiger partial charge in [0.05, 0.1) is 0 Å². The first-order valence-corrected chi connectivity index (χ1v) is 6.52. The average molecular weight is 229 g/mol. The number of carbonyl (C=O) groups is 1. The van der Waals surface area contributed by atoms with Crippen molar-refractivity contribution in [2.24, 2.45) is 11.8 Å². The van der Waals surface area contributed by atoms with Crippen molar-refractivity contribution in [2.45, 2.75) is 52.9 Å². The second-order valence-electron chi connectivity index (χ2n) is 4.71. The Balaban J connectivity index is 3.39. The summed E-state index contributed by atoms with van der Waals surface area (Å²) in [6, 6.07) is 0. The Bertz CT molecular complexity index is 179.